The lowest BCUT2D eigenvalue weighted by atomic mass is 10.3. The van der Waals surface area contributed by atoms with E-state index in [4.69, 9.17) is 15.2 Å². The molecule has 0 aromatic rings. The van der Waals surface area contributed by atoms with Gasteiger partial charge in [-0.05, 0) is 21.0 Å². The predicted octanol–water partition coefficient (Wildman–Crippen LogP) is -0.00140. The molecule has 0 radical (unpaired) electrons. The second-order valence-electron chi connectivity index (χ2n) is 3.54. The van der Waals surface area contributed by atoms with Crippen LogP contribution >= 0.6 is 0 Å². The van der Waals surface area contributed by atoms with Crippen molar-refractivity contribution in [3.05, 3.63) is 11.5 Å². The summed E-state index contributed by atoms with van der Waals surface area (Å²) in [5.74, 6) is -0.516. The molecule has 0 heterocycles. The van der Waals surface area contributed by atoms with Crippen molar-refractivity contribution >= 4 is 12.2 Å². The number of ether oxygens (including phenoxy) is 2. The Kier molecular flexibility index (Phi) is 7.79. The van der Waals surface area contributed by atoms with Crippen molar-refractivity contribution in [2.75, 3.05) is 40.9 Å². The summed E-state index contributed by atoms with van der Waals surface area (Å²) in [7, 11) is 5.28. The third-order valence-corrected chi connectivity index (χ3v) is 1.88. The first-order valence-electron chi connectivity index (χ1n) is 5.38. The number of likely N-dealkylation sites (N-methyl/N-ethyl adjacent to an activating group) is 1. The largest absolute Gasteiger partial charge is 0.482 e. The second-order valence-corrected chi connectivity index (χ2v) is 3.54. The molecule has 0 aromatic carbocycles. The summed E-state index contributed by atoms with van der Waals surface area (Å²) in [6, 6.07) is 0. The first-order chi connectivity index (χ1) is 8.02. The van der Waals surface area contributed by atoms with Gasteiger partial charge in [-0.15, -0.1) is 0 Å². The molecule has 0 aliphatic heterocycles. The van der Waals surface area contributed by atoms with Crippen molar-refractivity contribution in [2.45, 2.75) is 6.92 Å². The number of aliphatic imine (C=N–C) groups is 1. The molecule has 0 saturated carbocycles. The molecule has 0 aromatic heterocycles. The van der Waals surface area contributed by atoms with Gasteiger partial charge in [-0.2, -0.15) is 0 Å². The first kappa shape index (κ1) is 15.4. The fourth-order valence-corrected chi connectivity index (χ4v) is 0.949. The van der Waals surface area contributed by atoms with Crippen LogP contribution in [0.3, 0.4) is 0 Å². The van der Waals surface area contributed by atoms with Crippen LogP contribution in [0.2, 0.25) is 0 Å². The minimum absolute atomic E-state index is 0.0112. The van der Waals surface area contributed by atoms with Crippen molar-refractivity contribution in [1.29, 1.82) is 0 Å². The maximum atomic E-state index is 11.5. The van der Waals surface area contributed by atoms with E-state index in [0.29, 0.717) is 6.54 Å². The fourth-order valence-electron chi connectivity index (χ4n) is 0.949. The molecule has 6 heteroatoms. The van der Waals surface area contributed by atoms with Gasteiger partial charge in [0.05, 0.1) is 20.3 Å². The standard InChI is InChI=1S/C11H21N3O3/c1-5-17-11(15)9(10(12)16-4)8-13-6-7-14(2)3/h8H,5-7,12H2,1-4H3/b10-9-,13-8?. The van der Waals surface area contributed by atoms with E-state index in [1.165, 1.54) is 13.3 Å². The van der Waals surface area contributed by atoms with Crippen molar-refractivity contribution in [3.8, 4) is 0 Å². The number of hydrogen-bond donors (Lipinski definition) is 1. The summed E-state index contributed by atoms with van der Waals surface area (Å²) >= 11 is 0. The number of nitrogens with zero attached hydrogens (tertiary/aromatic N) is 2. The summed E-state index contributed by atoms with van der Waals surface area (Å²) in [5.41, 5.74) is 5.69. The van der Waals surface area contributed by atoms with Crippen LogP contribution in [-0.4, -0.2) is 58.0 Å². The van der Waals surface area contributed by atoms with Crippen LogP contribution in [0.15, 0.2) is 16.4 Å². The monoisotopic (exact) mass is 243 g/mol. The molecule has 0 amide bonds. The van der Waals surface area contributed by atoms with E-state index in [0.717, 1.165) is 6.54 Å². The van der Waals surface area contributed by atoms with Gasteiger partial charge in [-0.3, -0.25) is 4.99 Å². The molecule has 6 nitrogen and oxygen atoms in total. The third kappa shape index (κ3) is 6.57. The van der Waals surface area contributed by atoms with Gasteiger partial charge in [0.1, 0.15) is 5.57 Å². The highest BCUT2D eigenvalue weighted by atomic mass is 16.5. The Hall–Kier alpha value is -1.56. The van der Waals surface area contributed by atoms with Crippen LogP contribution in [0.4, 0.5) is 0 Å². The number of methoxy groups -OCH3 is 1. The van der Waals surface area contributed by atoms with Crippen LogP contribution in [0, 0.1) is 0 Å². The van der Waals surface area contributed by atoms with Crippen LogP contribution in [0.25, 0.3) is 0 Å². The van der Waals surface area contributed by atoms with E-state index in [-0.39, 0.29) is 18.1 Å². The van der Waals surface area contributed by atoms with Crippen LogP contribution < -0.4 is 5.73 Å². The van der Waals surface area contributed by atoms with E-state index in [1.54, 1.807) is 6.92 Å². The molecule has 98 valence electrons. The van der Waals surface area contributed by atoms with Gasteiger partial charge in [-0.25, -0.2) is 4.79 Å². The minimum Gasteiger partial charge on any atom is -0.482 e. The van der Waals surface area contributed by atoms with Crippen LogP contribution in [-0.2, 0) is 14.3 Å². The van der Waals surface area contributed by atoms with E-state index in [2.05, 4.69) is 4.99 Å². The average Bonchev–Trinajstić information content (AvgIpc) is 2.28. The molecule has 2 N–H and O–H groups in total. The van der Waals surface area contributed by atoms with Gasteiger partial charge in [0.15, 0.2) is 5.88 Å². The lowest BCUT2D eigenvalue weighted by molar-refractivity contribution is -0.138. The van der Waals surface area contributed by atoms with Gasteiger partial charge in [0, 0.05) is 12.8 Å². The quantitative estimate of drug-likeness (QED) is 0.295. The molecular formula is C11H21N3O3. The second kappa shape index (κ2) is 8.58. The smallest absolute Gasteiger partial charge is 0.345 e. The van der Waals surface area contributed by atoms with E-state index in [9.17, 15) is 4.79 Å². The van der Waals surface area contributed by atoms with Crippen LogP contribution in [0.1, 0.15) is 6.92 Å². The Morgan fingerprint density at radius 1 is 1.47 bits per heavy atom. The van der Waals surface area contributed by atoms with E-state index < -0.39 is 5.97 Å². The summed E-state index contributed by atoms with van der Waals surface area (Å²) in [4.78, 5) is 17.6. The van der Waals surface area contributed by atoms with Crippen molar-refractivity contribution < 1.29 is 14.3 Å². The molecule has 0 rings (SSSR count). The lowest BCUT2D eigenvalue weighted by Crippen LogP contribution is -2.18. The summed E-state index contributed by atoms with van der Waals surface area (Å²) in [6.45, 7) is 3.37. The van der Waals surface area contributed by atoms with Gasteiger partial charge >= 0.3 is 5.97 Å². The molecular weight excluding hydrogens is 222 g/mol. The van der Waals surface area contributed by atoms with Gasteiger partial charge < -0.3 is 20.1 Å². The number of nitrogens with two attached hydrogens (primary N) is 1. The van der Waals surface area contributed by atoms with Gasteiger partial charge in [-0.1, -0.05) is 0 Å². The Bertz CT molecular complexity index is 298. The highest BCUT2D eigenvalue weighted by Gasteiger charge is 2.13. The molecule has 0 spiro atoms. The Balaban J connectivity index is 4.57. The Morgan fingerprint density at radius 2 is 2.12 bits per heavy atom. The highest BCUT2D eigenvalue weighted by Crippen LogP contribution is 2.00. The summed E-state index contributed by atoms with van der Waals surface area (Å²) < 4.78 is 9.66. The molecule has 0 fully saturated rings. The maximum Gasteiger partial charge on any atom is 0.345 e. The number of carbonyl (C=O) groups is 1. The zero-order valence-corrected chi connectivity index (χ0v) is 10.9. The number of hydrogen-bond acceptors (Lipinski definition) is 6. The minimum atomic E-state index is -0.527. The van der Waals surface area contributed by atoms with Crippen molar-refractivity contribution in [1.82, 2.24) is 4.90 Å². The lowest BCUT2D eigenvalue weighted by Gasteiger charge is -2.07. The SMILES string of the molecule is CCOC(=O)/C(C=NCCN(C)C)=C(/N)OC. The normalized spacial score (nSPS) is 12.8. The zero-order chi connectivity index (χ0) is 13.3. The molecule has 0 aliphatic rings. The van der Waals surface area contributed by atoms with E-state index >= 15 is 0 Å². The van der Waals surface area contributed by atoms with E-state index in [1.807, 2.05) is 19.0 Å². The Morgan fingerprint density at radius 3 is 2.59 bits per heavy atom. The Labute approximate surface area is 102 Å². The highest BCUT2D eigenvalue weighted by molar-refractivity contribution is 6.09. The zero-order valence-electron chi connectivity index (χ0n) is 10.9. The number of carbonyl (C=O) groups excluding carboxylic acids is 1. The maximum absolute atomic E-state index is 11.5. The van der Waals surface area contributed by atoms with Crippen molar-refractivity contribution in [3.63, 3.8) is 0 Å². The van der Waals surface area contributed by atoms with Gasteiger partial charge in [0.2, 0.25) is 0 Å². The third-order valence-electron chi connectivity index (χ3n) is 1.88. The average molecular weight is 243 g/mol. The fraction of sp³-hybridized carbons (Fsp3) is 0.636. The number of rotatable bonds is 7. The molecule has 0 bridgehead atoms. The molecule has 0 saturated heterocycles. The molecule has 0 atom stereocenters. The van der Waals surface area contributed by atoms with Crippen molar-refractivity contribution in [2.24, 2.45) is 10.7 Å². The van der Waals surface area contributed by atoms with Gasteiger partial charge in [0.25, 0.3) is 0 Å². The topological polar surface area (TPSA) is 77.2 Å². The first-order valence-corrected chi connectivity index (χ1v) is 5.38. The molecule has 0 aliphatic carbocycles. The van der Waals surface area contributed by atoms with Crippen LogP contribution in [0.5, 0.6) is 0 Å². The molecule has 0 unspecified atom stereocenters. The summed E-state index contributed by atoms with van der Waals surface area (Å²) in [6.07, 6.45) is 1.39. The molecule has 17 heavy (non-hydrogen) atoms. The number of esters is 1. The predicted molar refractivity (Wildman–Crippen MR) is 66.8 cm³/mol. The summed E-state index contributed by atoms with van der Waals surface area (Å²) in [5, 5.41) is 0.